The first-order chi connectivity index (χ1) is 15.4. The van der Waals surface area contributed by atoms with Crippen LogP contribution in [0.4, 0.5) is 0 Å². The van der Waals surface area contributed by atoms with Crippen molar-refractivity contribution in [2.45, 2.75) is 27.7 Å². The van der Waals surface area contributed by atoms with Crippen LogP contribution in [-0.4, -0.2) is 50.3 Å². The molecule has 0 aromatic heterocycles. The van der Waals surface area contributed by atoms with Crippen LogP contribution in [-0.2, 0) is 18.9 Å². The predicted molar refractivity (Wildman–Crippen MR) is 117 cm³/mol. The van der Waals surface area contributed by atoms with E-state index in [0.717, 1.165) is 0 Å². The van der Waals surface area contributed by atoms with Crippen LogP contribution in [0.3, 0.4) is 0 Å². The second-order valence-corrected chi connectivity index (χ2v) is 6.00. The minimum absolute atomic E-state index is 0.239. The lowest BCUT2D eigenvalue weighted by Gasteiger charge is -2.07. The van der Waals surface area contributed by atoms with Gasteiger partial charge in [0.15, 0.2) is 0 Å². The van der Waals surface area contributed by atoms with E-state index in [4.69, 9.17) is 18.9 Å². The van der Waals surface area contributed by atoms with Gasteiger partial charge in [-0.15, -0.1) is 0 Å². The van der Waals surface area contributed by atoms with Crippen molar-refractivity contribution >= 4 is 23.9 Å². The summed E-state index contributed by atoms with van der Waals surface area (Å²) < 4.78 is 19.3. The van der Waals surface area contributed by atoms with Gasteiger partial charge in [0.05, 0.1) is 48.7 Å². The molecule has 0 heterocycles. The quantitative estimate of drug-likeness (QED) is 0.443. The van der Waals surface area contributed by atoms with Gasteiger partial charge in [-0.05, 0) is 64.1 Å². The number of rotatable bonds is 8. The second kappa shape index (κ2) is 14.3. The number of benzene rings is 2. The summed E-state index contributed by atoms with van der Waals surface area (Å²) in [5.41, 5.74) is 1.33. The molecular weight excluding hydrogens is 416 g/mol. The third-order valence-electron chi connectivity index (χ3n) is 3.82. The molecule has 0 radical (unpaired) electrons. The van der Waals surface area contributed by atoms with Crippen molar-refractivity contribution in [2.75, 3.05) is 26.4 Å². The molecule has 0 saturated heterocycles. The Morgan fingerprint density at radius 1 is 0.500 bits per heavy atom. The van der Waals surface area contributed by atoms with E-state index < -0.39 is 23.9 Å². The van der Waals surface area contributed by atoms with Gasteiger partial charge in [0.2, 0.25) is 0 Å². The highest BCUT2D eigenvalue weighted by Crippen LogP contribution is 2.12. The Labute approximate surface area is 187 Å². The summed E-state index contributed by atoms with van der Waals surface area (Å²) in [7, 11) is 0. The van der Waals surface area contributed by atoms with Crippen LogP contribution in [0.1, 0.15) is 69.1 Å². The van der Waals surface area contributed by atoms with Crippen LogP contribution in [0.25, 0.3) is 0 Å². The molecule has 0 aliphatic rings. The highest BCUT2D eigenvalue weighted by Gasteiger charge is 2.18. The van der Waals surface area contributed by atoms with Crippen molar-refractivity contribution in [2.24, 2.45) is 0 Å². The zero-order valence-electron chi connectivity index (χ0n) is 18.7. The van der Waals surface area contributed by atoms with Crippen LogP contribution >= 0.6 is 0 Å². The van der Waals surface area contributed by atoms with Crippen molar-refractivity contribution in [3.63, 3.8) is 0 Å². The van der Waals surface area contributed by atoms with Crippen LogP contribution in [0, 0.1) is 0 Å². The summed E-state index contributed by atoms with van der Waals surface area (Å²) in [5, 5.41) is 0. The maximum atomic E-state index is 11.5. The summed E-state index contributed by atoms with van der Waals surface area (Å²) in [4.78, 5) is 45.7. The van der Waals surface area contributed by atoms with Crippen molar-refractivity contribution in [3.8, 4) is 0 Å². The summed E-state index contributed by atoms with van der Waals surface area (Å²) in [6.45, 7) is 8.12. The molecule has 0 amide bonds. The number of hydrogen-bond acceptors (Lipinski definition) is 8. The molecule has 0 fully saturated rings. The molecule has 0 aliphatic carbocycles. The maximum Gasteiger partial charge on any atom is 0.338 e. The standard InChI is InChI=1S/2C12H14O4/c1-3-15-11(13)9-5-7-10(8-6-9)12(14)16-4-2;1-3-15-11(13)9-7-5-6-8-10(9)12(14)16-4-2/h2*5-8H,3-4H2,1-2H3. The van der Waals surface area contributed by atoms with Gasteiger partial charge in [-0.1, -0.05) is 12.1 Å². The molecular formula is C24H28O8. The molecule has 0 saturated carbocycles. The van der Waals surface area contributed by atoms with Gasteiger partial charge in [0, 0.05) is 0 Å². The largest absolute Gasteiger partial charge is 0.462 e. The van der Waals surface area contributed by atoms with E-state index in [9.17, 15) is 19.2 Å². The first-order valence-electron chi connectivity index (χ1n) is 10.3. The molecule has 0 atom stereocenters. The topological polar surface area (TPSA) is 105 Å². The molecule has 0 bridgehead atoms. The first-order valence-corrected chi connectivity index (χ1v) is 10.3. The molecule has 0 N–H and O–H groups in total. The molecule has 8 nitrogen and oxygen atoms in total. The maximum absolute atomic E-state index is 11.5. The van der Waals surface area contributed by atoms with E-state index in [1.54, 1.807) is 76.2 Å². The Bertz CT molecular complexity index is 828. The van der Waals surface area contributed by atoms with Gasteiger partial charge in [0.1, 0.15) is 0 Å². The van der Waals surface area contributed by atoms with E-state index in [1.807, 2.05) is 0 Å². The Hall–Kier alpha value is -3.68. The van der Waals surface area contributed by atoms with E-state index in [1.165, 1.54) is 0 Å². The number of esters is 4. The lowest BCUT2D eigenvalue weighted by atomic mass is 10.1. The van der Waals surface area contributed by atoms with Gasteiger partial charge in [-0.3, -0.25) is 0 Å². The second-order valence-electron chi connectivity index (χ2n) is 6.00. The van der Waals surface area contributed by atoms with Crippen molar-refractivity contribution in [3.05, 3.63) is 70.8 Å². The number of carbonyl (C=O) groups is 4. The highest BCUT2D eigenvalue weighted by molar-refractivity contribution is 6.03. The van der Waals surface area contributed by atoms with Crippen molar-refractivity contribution in [1.29, 1.82) is 0 Å². The first kappa shape index (κ1) is 26.4. The molecule has 2 rings (SSSR count). The Morgan fingerprint density at radius 2 is 0.781 bits per heavy atom. The zero-order chi connectivity index (χ0) is 23.9. The van der Waals surface area contributed by atoms with Crippen molar-refractivity contribution < 1.29 is 38.1 Å². The summed E-state index contributed by atoms with van der Waals surface area (Å²) in [6, 6.07) is 12.6. The molecule has 0 spiro atoms. The normalized spacial score (nSPS) is 9.62. The third kappa shape index (κ3) is 8.22. The van der Waals surface area contributed by atoms with E-state index in [0.29, 0.717) is 24.3 Å². The smallest absolute Gasteiger partial charge is 0.338 e. The fourth-order valence-corrected chi connectivity index (χ4v) is 2.43. The Kier molecular flexibility index (Phi) is 11.8. The SMILES string of the molecule is CCOC(=O)c1ccc(C(=O)OCC)cc1.CCOC(=O)c1ccccc1C(=O)OCC. The number of ether oxygens (including phenoxy) is 4. The van der Waals surface area contributed by atoms with Gasteiger partial charge in [0.25, 0.3) is 0 Å². The fourth-order valence-electron chi connectivity index (χ4n) is 2.43. The molecule has 0 aliphatic heterocycles. The molecule has 172 valence electrons. The minimum Gasteiger partial charge on any atom is -0.462 e. The van der Waals surface area contributed by atoms with Gasteiger partial charge in [-0.25, -0.2) is 19.2 Å². The third-order valence-corrected chi connectivity index (χ3v) is 3.82. The van der Waals surface area contributed by atoms with E-state index in [-0.39, 0.29) is 24.3 Å². The summed E-state index contributed by atoms with van der Waals surface area (Å²) in [5.74, 6) is -1.80. The van der Waals surface area contributed by atoms with E-state index >= 15 is 0 Å². The van der Waals surface area contributed by atoms with E-state index in [2.05, 4.69) is 0 Å². The zero-order valence-corrected chi connectivity index (χ0v) is 18.7. The molecule has 32 heavy (non-hydrogen) atoms. The highest BCUT2D eigenvalue weighted by atomic mass is 16.5. The van der Waals surface area contributed by atoms with Crippen LogP contribution in [0.2, 0.25) is 0 Å². The fraction of sp³-hybridized carbons (Fsp3) is 0.333. The minimum atomic E-state index is -0.508. The van der Waals surface area contributed by atoms with Crippen molar-refractivity contribution in [1.82, 2.24) is 0 Å². The van der Waals surface area contributed by atoms with Crippen LogP contribution in [0.15, 0.2) is 48.5 Å². The molecule has 8 heteroatoms. The number of hydrogen-bond donors (Lipinski definition) is 0. The lowest BCUT2D eigenvalue weighted by molar-refractivity contribution is 0.0479. The van der Waals surface area contributed by atoms with Gasteiger partial charge in [-0.2, -0.15) is 0 Å². The Balaban J connectivity index is 0.000000320. The molecule has 2 aromatic carbocycles. The molecule has 2 aromatic rings. The summed E-state index contributed by atoms with van der Waals surface area (Å²) in [6.07, 6.45) is 0. The average Bonchev–Trinajstić information content (AvgIpc) is 2.80. The van der Waals surface area contributed by atoms with Crippen LogP contribution < -0.4 is 0 Å². The lowest BCUT2D eigenvalue weighted by Crippen LogP contribution is -2.13. The van der Waals surface area contributed by atoms with Crippen LogP contribution in [0.5, 0.6) is 0 Å². The summed E-state index contributed by atoms with van der Waals surface area (Å²) >= 11 is 0. The monoisotopic (exact) mass is 444 g/mol. The van der Waals surface area contributed by atoms with Gasteiger partial charge < -0.3 is 18.9 Å². The average molecular weight is 444 g/mol. The molecule has 0 unspecified atom stereocenters. The Morgan fingerprint density at radius 3 is 1.06 bits per heavy atom. The number of carbonyl (C=O) groups excluding carboxylic acids is 4. The van der Waals surface area contributed by atoms with Gasteiger partial charge >= 0.3 is 23.9 Å². The predicted octanol–water partition coefficient (Wildman–Crippen LogP) is 4.08.